The normalized spacial score (nSPS) is 11.2. The van der Waals surface area contributed by atoms with Crippen LogP contribution in [0.2, 0.25) is 0 Å². The van der Waals surface area contributed by atoms with Crippen molar-refractivity contribution >= 4 is 38.3 Å². The smallest absolute Gasteiger partial charge is 0.308 e. The van der Waals surface area contributed by atoms with Crippen molar-refractivity contribution in [1.82, 2.24) is 0 Å². The minimum absolute atomic E-state index is 0.318. The van der Waals surface area contributed by atoms with Crippen molar-refractivity contribution in [2.75, 3.05) is 0 Å². The first-order chi connectivity index (χ1) is 13.7. The van der Waals surface area contributed by atoms with Crippen LogP contribution in [0.25, 0.3) is 43.4 Å². The summed E-state index contributed by atoms with van der Waals surface area (Å²) in [5.74, 6) is 0.306. The first-order valence-electron chi connectivity index (χ1n) is 9.33. The van der Waals surface area contributed by atoms with Crippen LogP contribution in [0.4, 0.5) is 0 Å². The van der Waals surface area contributed by atoms with Crippen molar-refractivity contribution in [2.45, 2.75) is 6.92 Å². The maximum atomic E-state index is 12.0. The SMILES string of the molecule is CC(=O)Oc1c(-c2ccccc2)c2ccccc2c2cc3ccccc3cc12. The summed E-state index contributed by atoms with van der Waals surface area (Å²) in [4.78, 5) is 12.0. The van der Waals surface area contributed by atoms with E-state index in [2.05, 4.69) is 54.6 Å². The lowest BCUT2D eigenvalue weighted by Gasteiger charge is -2.17. The van der Waals surface area contributed by atoms with Gasteiger partial charge >= 0.3 is 5.97 Å². The lowest BCUT2D eigenvalue weighted by molar-refractivity contribution is -0.131. The molecule has 28 heavy (non-hydrogen) atoms. The van der Waals surface area contributed by atoms with E-state index in [1.54, 1.807) is 0 Å². The van der Waals surface area contributed by atoms with Crippen LogP contribution in [0.1, 0.15) is 6.92 Å². The Morgan fingerprint density at radius 3 is 1.89 bits per heavy atom. The van der Waals surface area contributed by atoms with E-state index in [4.69, 9.17) is 4.74 Å². The van der Waals surface area contributed by atoms with Gasteiger partial charge in [-0.15, -0.1) is 0 Å². The molecule has 0 saturated heterocycles. The largest absolute Gasteiger partial charge is 0.425 e. The van der Waals surface area contributed by atoms with E-state index in [9.17, 15) is 4.79 Å². The molecule has 0 radical (unpaired) electrons. The van der Waals surface area contributed by atoms with Gasteiger partial charge in [0.05, 0.1) is 0 Å². The van der Waals surface area contributed by atoms with Crippen LogP contribution >= 0.6 is 0 Å². The zero-order valence-electron chi connectivity index (χ0n) is 15.5. The molecule has 0 amide bonds. The van der Waals surface area contributed by atoms with Gasteiger partial charge in [0.2, 0.25) is 0 Å². The molecule has 2 nitrogen and oxygen atoms in total. The average molecular weight is 362 g/mol. The number of carbonyl (C=O) groups is 1. The first-order valence-corrected chi connectivity index (χ1v) is 9.33. The van der Waals surface area contributed by atoms with Crippen LogP contribution in [0.15, 0.2) is 91.0 Å². The summed E-state index contributed by atoms with van der Waals surface area (Å²) < 4.78 is 5.83. The van der Waals surface area contributed by atoms with Gasteiger partial charge in [-0.1, -0.05) is 78.9 Å². The highest BCUT2D eigenvalue weighted by Crippen LogP contribution is 2.45. The lowest BCUT2D eigenvalue weighted by Crippen LogP contribution is -2.04. The van der Waals surface area contributed by atoms with Gasteiger partial charge in [-0.25, -0.2) is 0 Å². The predicted molar refractivity (Wildman–Crippen MR) is 116 cm³/mol. The molecule has 0 N–H and O–H groups in total. The third kappa shape index (κ3) is 2.62. The summed E-state index contributed by atoms with van der Waals surface area (Å²) >= 11 is 0. The number of hydrogen-bond donors (Lipinski definition) is 0. The van der Waals surface area contributed by atoms with Crippen molar-refractivity contribution in [1.29, 1.82) is 0 Å². The number of ether oxygens (including phenoxy) is 1. The van der Waals surface area contributed by atoms with Gasteiger partial charge < -0.3 is 4.74 Å². The second-order valence-electron chi connectivity index (χ2n) is 6.95. The molecular formula is C26H18O2. The highest BCUT2D eigenvalue weighted by atomic mass is 16.5. The number of fused-ring (bicyclic) bond motifs is 4. The van der Waals surface area contributed by atoms with Crippen LogP contribution < -0.4 is 4.74 Å². The summed E-state index contributed by atoms with van der Waals surface area (Å²) in [6.45, 7) is 1.46. The standard InChI is InChI=1S/C26H18O2/c1-17(27)28-26-24-16-20-12-6-5-11-19(20)15-23(24)21-13-7-8-14-22(21)25(26)18-9-3-2-4-10-18/h2-16H,1H3. The van der Waals surface area contributed by atoms with E-state index >= 15 is 0 Å². The minimum atomic E-state index is -0.318. The van der Waals surface area contributed by atoms with Gasteiger partial charge in [0.25, 0.3) is 0 Å². The lowest BCUT2D eigenvalue weighted by atomic mass is 9.90. The van der Waals surface area contributed by atoms with Crippen molar-refractivity contribution in [3.05, 3.63) is 91.0 Å². The summed E-state index contributed by atoms with van der Waals surface area (Å²) in [5.41, 5.74) is 1.99. The molecule has 0 spiro atoms. The summed E-state index contributed by atoms with van der Waals surface area (Å²) in [6, 6.07) is 31.0. The van der Waals surface area contributed by atoms with Crippen LogP contribution in [-0.4, -0.2) is 5.97 Å². The van der Waals surface area contributed by atoms with E-state index in [0.29, 0.717) is 5.75 Å². The average Bonchev–Trinajstić information content (AvgIpc) is 2.73. The summed E-state index contributed by atoms with van der Waals surface area (Å²) in [5, 5.41) is 6.56. The fourth-order valence-corrected chi connectivity index (χ4v) is 3.99. The van der Waals surface area contributed by atoms with E-state index in [-0.39, 0.29) is 5.97 Å². The van der Waals surface area contributed by atoms with Crippen LogP contribution in [0.5, 0.6) is 5.75 Å². The highest BCUT2D eigenvalue weighted by molar-refractivity contribution is 6.20. The third-order valence-electron chi connectivity index (χ3n) is 5.15. The molecule has 0 saturated carbocycles. The molecule has 0 fully saturated rings. The van der Waals surface area contributed by atoms with Gasteiger partial charge in [0.1, 0.15) is 5.75 Å². The Kier molecular flexibility index (Phi) is 3.84. The molecule has 0 heterocycles. The minimum Gasteiger partial charge on any atom is -0.425 e. The Morgan fingerprint density at radius 1 is 0.643 bits per heavy atom. The summed E-state index contributed by atoms with van der Waals surface area (Å²) in [6.07, 6.45) is 0. The van der Waals surface area contributed by atoms with Crippen molar-refractivity contribution in [3.63, 3.8) is 0 Å². The highest BCUT2D eigenvalue weighted by Gasteiger charge is 2.19. The maximum Gasteiger partial charge on any atom is 0.308 e. The van der Waals surface area contributed by atoms with E-state index < -0.39 is 0 Å². The number of rotatable bonds is 2. The van der Waals surface area contributed by atoms with E-state index in [1.165, 1.54) is 12.3 Å². The monoisotopic (exact) mass is 362 g/mol. The molecule has 5 rings (SSSR count). The molecule has 5 aromatic rings. The van der Waals surface area contributed by atoms with Crippen molar-refractivity contribution < 1.29 is 9.53 Å². The topological polar surface area (TPSA) is 26.3 Å². The molecule has 2 heteroatoms. The van der Waals surface area contributed by atoms with E-state index in [0.717, 1.165) is 38.1 Å². The Labute approximate surface area is 163 Å². The second-order valence-corrected chi connectivity index (χ2v) is 6.95. The first kappa shape index (κ1) is 16.5. The Hall–Kier alpha value is -3.65. The Morgan fingerprint density at radius 2 is 1.21 bits per heavy atom. The maximum absolute atomic E-state index is 12.0. The van der Waals surface area contributed by atoms with Crippen LogP contribution in [0.3, 0.4) is 0 Å². The van der Waals surface area contributed by atoms with Gasteiger partial charge in [-0.2, -0.15) is 0 Å². The van der Waals surface area contributed by atoms with E-state index in [1.807, 2.05) is 36.4 Å². The fourth-order valence-electron chi connectivity index (χ4n) is 3.99. The van der Waals surface area contributed by atoms with Crippen molar-refractivity contribution in [3.8, 4) is 16.9 Å². The second kappa shape index (κ2) is 6.50. The molecule has 0 aromatic heterocycles. The molecule has 5 aromatic carbocycles. The predicted octanol–water partition coefficient (Wildman–Crippen LogP) is 6.74. The number of benzene rings is 5. The van der Waals surface area contributed by atoms with Gasteiger partial charge in [0.15, 0.2) is 0 Å². The molecule has 0 aliphatic rings. The molecule has 0 aliphatic heterocycles. The fraction of sp³-hybridized carbons (Fsp3) is 0.0385. The van der Waals surface area contributed by atoms with Crippen molar-refractivity contribution in [2.24, 2.45) is 0 Å². The number of hydrogen-bond acceptors (Lipinski definition) is 2. The zero-order valence-corrected chi connectivity index (χ0v) is 15.5. The Balaban J connectivity index is 2.03. The molecule has 0 bridgehead atoms. The van der Waals surface area contributed by atoms with Gasteiger partial charge in [-0.05, 0) is 44.6 Å². The molecule has 0 unspecified atom stereocenters. The number of carbonyl (C=O) groups excluding carboxylic acids is 1. The number of esters is 1. The van der Waals surface area contributed by atoms with Gasteiger partial charge in [-0.3, -0.25) is 4.79 Å². The van der Waals surface area contributed by atoms with Crippen LogP contribution in [0, 0.1) is 0 Å². The molecular weight excluding hydrogens is 344 g/mol. The van der Waals surface area contributed by atoms with Gasteiger partial charge in [0, 0.05) is 17.9 Å². The van der Waals surface area contributed by atoms with Crippen LogP contribution in [-0.2, 0) is 4.79 Å². The molecule has 0 atom stereocenters. The Bertz CT molecular complexity index is 1350. The quantitative estimate of drug-likeness (QED) is 0.150. The summed E-state index contributed by atoms with van der Waals surface area (Å²) in [7, 11) is 0. The third-order valence-corrected chi connectivity index (χ3v) is 5.15. The molecule has 134 valence electrons. The zero-order chi connectivity index (χ0) is 19.1. The molecule has 0 aliphatic carbocycles.